The van der Waals surface area contributed by atoms with E-state index >= 15 is 0 Å². The minimum absolute atomic E-state index is 0. The second-order valence-electron chi connectivity index (χ2n) is 8.14. The Hall–Kier alpha value is -0.810. The Bertz CT molecular complexity index is 424. The number of hydrogen-bond donors (Lipinski definition) is 2. The number of rotatable bonds is 5. The third-order valence-electron chi connectivity index (χ3n) is 5.31. The standard InChI is InChI=1S/C18H33N3O2.ClH/c1-13(2)11-15(22)20-16(14(3)4)17(23)21-9-6-18(7-10-21)5-8-19-12-18;/h13-14,16,19H,5-12H2,1-4H3,(H,20,22);1H. The molecule has 2 fully saturated rings. The first-order valence-corrected chi connectivity index (χ1v) is 9.12. The average Bonchev–Trinajstić information content (AvgIpc) is 2.92. The summed E-state index contributed by atoms with van der Waals surface area (Å²) in [6.45, 7) is 11.9. The fourth-order valence-electron chi connectivity index (χ4n) is 3.74. The van der Waals surface area contributed by atoms with Crippen LogP contribution in [0.1, 0.15) is 53.4 Å². The van der Waals surface area contributed by atoms with E-state index in [2.05, 4.69) is 10.6 Å². The monoisotopic (exact) mass is 359 g/mol. The lowest BCUT2D eigenvalue weighted by atomic mass is 9.77. The van der Waals surface area contributed by atoms with E-state index in [1.54, 1.807) is 0 Å². The maximum absolute atomic E-state index is 12.9. The molecule has 2 aliphatic heterocycles. The van der Waals surface area contributed by atoms with Crippen molar-refractivity contribution in [3.05, 3.63) is 0 Å². The molecule has 0 aromatic heterocycles. The van der Waals surface area contributed by atoms with Crippen molar-refractivity contribution in [2.24, 2.45) is 17.3 Å². The van der Waals surface area contributed by atoms with Gasteiger partial charge in [0.15, 0.2) is 0 Å². The van der Waals surface area contributed by atoms with Crippen molar-refractivity contribution in [1.82, 2.24) is 15.5 Å². The molecule has 0 bridgehead atoms. The van der Waals surface area contributed by atoms with Crippen LogP contribution in [0, 0.1) is 17.3 Å². The lowest BCUT2D eigenvalue weighted by Crippen LogP contribution is -2.54. The van der Waals surface area contributed by atoms with Gasteiger partial charge in [0.2, 0.25) is 11.8 Å². The molecule has 2 heterocycles. The van der Waals surface area contributed by atoms with E-state index in [9.17, 15) is 9.59 Å². The molecule has 0 aromatic carbocycles. The van der Waals surface area contributed by atoms with E-state index in [0.717, 1.165) is 39.0 Å². The molecule has 1 atom stereocenters. The largest absolute Gasteiger partial charge is 0.344 e. The number of hydrogen-bond acceptors (Lipinski definition) is 3. The number of carbonyl (C=O) groups excluding carboxylic acids is 2. The molecule has 2 saturated heterocycles. The first-order valence-electron chi connectivity index (χ1n) is 9.12. The Morgan fingerprint density at radius 3 is 2.21 bits per heavy atom. The summed E-state index contributed by atoms with van der Waals surface area (Å²) >= 11 is 0. The second-order valence-corrected chi connectivity index (χ2v) is 8.14. The smallest absolute Gasteiger partial charge is 0.245 e. The Labute approximate surface area is 152 Å². The van der Waals surface area contributed by atoms with Crippen molar-refractivity contribution >= 4 is 24.2 Å². The molecular weight excluding hydrogens is 326 g/mol. The summed E-state index contributed by atoms with van der Waals surface area (Å²) in [6, 6.07) is -0.392. The fraction of sp³-hybridized carbons (Fsp3) is 0.889. The van der Waals surface area contributed by atoms with Gasteiger partial charge >= 0.3 is 0 Å². The zero-order valence-corrected chi connectivity index (χ0v) is 16.4. The maximum Gasteiger partial charge on any atom is 0.245 e. The van der Waals surface area contributed by atoms with Gasteiger partial charge in [-0.05, 0) is 43.1 Å². The van der Waals surface area contributed by atoms with Crippen LogP contribution in [0.5, 0.6) is 0 Å². The van der Waals surface area contributed by atoms with Gasteiger partial charge in [-0.15, -0.1) is 12.4 Å². The topological polar surface area (TPSA) is 61.4 Å². The van der Waals surface area contributed by atoms with Crippen molar-refractivity contribution in [1.29, 1.82) is 0 Å². The van der Waals surface area contributed by atoms with Crippen molar-refractivity contribution in [2.75, 3.05) is 26.2 Å². The predicted molar refractivity (Wildman–Crippen MR) is 99.2 cm³/mol. The minimum atomic E-state index is -0.392. The quantitative estimate of drug-likeness (QED) is 0.791. The predicted octanol–water partition coefficient (Wildman–Crippen LogP) is 2.20. The molecule has 0 radical (unpaired) electrons. The van der Waals surface area contributed by atoms with Crippen LogP contribution in [-0.4, -0.2) is 48.9 Å². The van der Waals surface area contributed by atoms with Crippen molar-refractivity contribution < 1.29 is 9.59 Å². The molecule has 0 saturated carbocycles. The van der Waals surface area contributed by atoms with Gasteiger partial charge in [0.1, 0.15) is 6.04 Å². The van der Waals surface area contributed by atoms with Crippen LogP contribution >= 0.6 is 12.4 Å². The van der Waals surface area contributed by atoms with Crippen LogP contribution in [0.15, 0.2) is 0 Å². The number of piperidine rings is 1. The second kappa shape index (κ2) is 9.04. The van der Waals surface area contributed by atoms with Crippen molar-refractivity contribution in [3.8, 4) is 0 Å². The lowest BCUT2D eigenvalue weighted by molar-refractivity contribution is -0.139. The van der Waals surface area contributed by atoms with E-state index in [4.69, 9.17) is 0 Å². The van der Waals surface area contributed by atoms with Crippen LogP contribution in [0.4, 0.5) is 0 Å². The van der Waals surface area contributed by atoms with E-state index in [0.29, 0.717) is 17.8 Å². The highest BCUT2D eigenvalue weighted by Crippen LogP contribution is 2.37. The number of likely N-dealkylation sites (tertiary alicyclic amines) is 1. The molecule has 0 aliphatic carbocycles. The molecule has 1 spiro atoms. The lowest BCUT2D eigenvalue weighted by Gasteiger charge is -2.40. The van der Waals surface area contributed by atoms with E-state index < -0.39 is 6.04 Å². The van der Waals surface area contributed by atoms with Gasteiger partial charge in [-0.1, -0.05) is 27.7 Å². The Kier molecular flexibility index (Phi) is 8.00. The summed E-state index contributed by atoms with van der Waals surface area (Å²) in [4.78, 5) is 26.9. The number of amides is 2. The Balaban J connectivity index is 0.00000288. The number of carbonyl (C=O) groups is 2. The Morgan fingerprint density at radius 2 is 1.75 bits per heavy atom. The molecule has 2 amide bonds. The summed E-state index contributed by atoms with van der Waals surface area (Å²) in [5.41, 5.74) is 0.408. The molecule has 5 nitrogen and oxygen atoms in total. The SMILES string of the molecule is CC(C)CC(=O)NC(C(=O)N1CCC2(CCNC2)CC1)C(C)C.Cl. The highest BCUT2D eigenvalue weighted by atomic mass is 35.5. The van der Waals surface area contributed by atoms with Gasteiger partial charge in [0.05, 0.1) is 0 Å². The molecule has 0 aromatic rings. The first kappa shape index (κ1) is 21.2. The minimum Gasteiger partial charge on any atom is -0.344 e. The molecule has 6 heteroatoms. The molecule has 2 rings (SSSR count). The summed E-state index contributed by atoms with van der Waals surface area (Å²) < 4.78 is 0. The highest BCUT2D eigenvalue weighted by molar-refractivity contribution is 5.88. The fourth-order valence-corrected chi connectivity index (χ4v) is 3.74. The van der Waals surface area contributed by atoms with Gasteiger partial charge < -0.3 is 15.5 Å². The summed E-state index contributed by atoms with van der Waals surface area (Å²) in [6.07, 6.45) is 3.87. The first-order chi connectivity index (χ1) is 10.8. The zero-order chi connectivity index (χ0) is 17.0. The maximum atomic E-state index is 12.9. The normalized spacial score (nSPS) is 21.0. The molecular formula is C18H34ClN3O2. The molecule has 2 aliphatic rings. The van der Waals surface area contributed by atoms with Gasteiger partial charge in [0.25, 0.3) is 0 Å². The van der Waals surface area contributed by atoms with Gasteiger partial charge in [0, 0.05) is 26.1 Å². The highest BCUT2D eigenvalue weighted by Gasteiger charge is 2.39. The van der Waals surface area contributed by atoms with Crippen LogP contribution in [0.25, 0.3) is 0 Å². The zero-order valence-electron chi connectivity index (χ0n) is 15.6. The van der Waals surface area contributed by atoms with Crippen LogP contribution in [0.2, 0.25) is 0 Å². The average molecular weight is 360 g/mol. The Morgan fingerprint density at radius 1 is 1.12 bits per heavy atom. The van der Waals surface area contributed by atoms with Gasteiger partial charge in [-0.3, -0.25) is 9.59 Å². The molecule has 140 valence electrons. The van der Waals surface area contributed by atoms with E-state index in [1.807, 2.05) is 32.6 Å². The third-order valence-corrected chi connectivity index (χ3v) is 5.31. The molecule has 24 heavy (non-hydrogen) atoms. The van der Waals surface area contributed by atoms with E-state index in [1.165, 1.54) is 6.42 Å². The summed E-state index contributed by atoms with van der Waals surface area (Å²) in [7, 11) is 0. The molecule has 2 N–H and O–H groups in total. The van der Waals surface area contributed by atoms with Crippen LogP contribution in [0.3, 0.4) is 0 Å². The van der Waals surface area contributed by atoms with Gasteiger partial charge in [-0.25, -0.2) is 0 Å². The number of nitrogens with zero attached hydrogens (tertiary/aromatic N) is 1. The van der Waals surface area contributed by atoms with Crippen LogP contribution < -0.4 is 10.6 Å². The summed E-state index contributed by atoms with van der Waals surface area (Å²) in [5.74, 6) is 0.503. The van der Waals surface area contributed by atoms with E-state index in [-0.39, 0.29) is 30.1 Å². The third kappa shape index (κ3) is 5.35. The number of nitrogens with one attached hydrogen (secondary N) is 2. The van der Waals surface area contributed by atoms with Crippen molar-refractivity contribution in [2.45, 2.75) is 59.4 Å². The van der Waals surface area contributed by atoms with Crippen molar-refractivity contribution in [3.63, 3.8) is 0 Å². The number of halogens is 1. The van der Waals surface area contributed by atoms with Crippen LogP contribution in [-0.2, 0) is 9.59 Å². The molecule has 1 unspecified atom stereocenters. The van der Waals surface area contributed by atoms with Gasteiger partial charge in [-0.2, -0.15) is 0 Å². The summed E-state index contributed by atoms with van der Waals surface area (Å²) in [5, 5.41) is 6.42.